The molecule has 1 unspecified atom stereocenters. The molecule has 0 aliphatic rings. The van der Waals surface area contributed by atoms with E-state index < -0.39 is 34.7 Å². The minimum atomic E-state index is -0.919. The summed E-state index contributed by atoms with van der Waals surface area (Å²) in [5.74, 6) is -1.40. The lowest BCUT2D eigenvalue weighted by molar-refractivity contribution is -0.162. The largest absolute Gasteiger partial charge is 0.460 e. The minimum Gasteiger partial charge on any atom is -0.460 e. The van der Waals surface area contributed by atoms with Gasteiger partial charge in [0.1, 0.15) is 17.2 Å². The molecule has 0 bridgehead atoms. The third-order valence-corrected chi connectivity index (χ3v) is 6.41. The predicted octanol–water partition coefficient (Wildman–Crippen LogP) is 7.20. The van der Waals surface area contributed by atoms with Crippen LogP contribution in [0.25, 0.3) is 0 Å². The van der Waals surface area contributed by atoms with Crippen molar-refractivity contribution in [3.8, 4) is 0 Å². The number of rotatable bonds is 11. The summed E-state index contributed by atoms with van der Waals surface area (Å²) in [6.45, 7) is 14.9. The van der Waals surface area contributed by atoms with Gasteiger partial charge in [-0.1, -0.05) is 97.1 Å². The van der Waals surface area contributed by atoms with Gasteiger partial charge in [0.15, 0.2) is 0 Å². The van der Waals surface area contributed by atoms with Crippen molar-refractivity contribution in [2.24, 2.45) is 5.92 Å². The first-order valence-electron chi connectivity index (χ1n) is 13.9. The number of ether oxygens (including phenoxy) is 2. The number of hydrogen-bond donors (Lipinski definition) is 1. The molecular formula is C35H43NO4. The van der Waals surface area contributed by atoms with Crippen molar-refractivity contribution in [2.75, 3.05) is 0 Å². The lowest BCUT2D eigenvalue weighted by Gasteiger charge is -2.40. The zero-order valence-corrected chi connectivity index (χ0v) is 24.6. The van der Waals surface area contributed by atoms with Crippen LogP contribution in [0.2, 0.25) is 0 Å². The Kier molecular flexibility index (Phi) is 10.1. The zero-order valence-electron chi connectivity index (χ0n) is 24.6. The highest BCUT2D eigenvalue weighted by atomic mass is 16.6. The Hall–Kier alpha value is -3.70. The molecule has 212 valence electrons. The smallest absolute Gasteiger partial charge is 0.323 e. The van der Waals surface area contributed by atoms with Gasteiger partial charge in [0.2, 0.25) is 0 Å². The number of carbonyl (C=O) groups excluding carboxylic acids is 2. The highest BCUT2D eigenvalue weighted by molar-refractivity contribution is 5.79. The molecule has 5 nitrogen and oxygen atoms in total. The SMILES string of the molecule is C=CCC(C[C@@H](NC(c1ccccc1)(c1ccccc1)c1ccccc1)C(=O)OC(C)(C)C)C(=O)OC(C)(C)C. The number of carbonyl (C=O) groups is 2. The molecule has 0 spiro atoms. The molecule has 2 atom stereocenters. The van der Waals surface area contributed by atoms with Crippen LogP contribution in [0, 0.1) is 5.92 Å². The van der Waals surface area contributed by atoms with Gasteiger partial charge in [-0.25, -0.2) is 0 Å². The Morgan fingerprint density at radius 2 is 1.07 bits per heavy atom. The maximum absolute atomic E-state index is 13.9. The van der Waals surface area contributed by atoms with Gasteiger partial charge in [-0.2, -0.15) is 0 Å². The molecule has 0 aliphatic heterocycles. The van der Waals surface area contributed by atoms with Gasteiger partial charge in [0, 0.05) is 0 Å². The van der Waals surface area contributed by atoms with E-state index in [1.165, 1.54) is 0 Å². The maximum atomic E-state index is 13.9. The summed E-state index contributed by atoms with van der Waals surface area (Å²) in [5, 5.41) is 3.73. The van der Waals surface area contributed by atoms with Crippen LogP contribution in [0.3, 0.4) is 0 Å². The Labute approximate surface area is 239 Å². The summed E-state index contributed by atoms with van der Waals surface area (Å²) in [7, 11) is 0. The fraction of sp³-hybridized carbons (Fsp3) is 0.371. The molecule has 5 heteroatoms. The third-order valence-electron chi connectivity index (χ3n) is 6.41. The average molecular weight is 542 g/mol. The van der Waals surface area contributed by atoms with Gasteiger partial charge in [0.25, 0.3) is 0 Å². The molecule has 3 rings (SSSR count). The van der Waals surface area contributed by atoms with Crippen LogP contribution in [0.1, 0.15) is 71.1 Å². The monoisotopic (exact) mass is 541 g/mol. The van der Waals surface area contributed by atoms with Crippen LogP contribution in [0.15, 0.2) is 104 Å². The second-order valence-electron chi connectivity index (χ2n) is 12.1. The van der Waals surface area contributed by atoms with E-state index in [2.05, 4.69) is 11.9 Å². The minimum absolute atomic E-state index is 0.171. The predicted molar refractivity (Wildman–Crippen MR) is 161 cm³/mol. The molecule has 40 heavy (non-hydrogen) atoms. The fourth-order valence-electron chi connectivity index (χ4n) is 4.82. The summed E-state index contributed by atoms with van der Waals surface area (Å²) >= 11 is 0. The molecular weight excluding hydrogens is 498 g/mol. The lowest BCUT2D eigenvalue weighted by Crippen LogP contribution is -2.54. The van der Waals surface area contributed by atoms with Crippen molar-refractivity contribution in [3.05, 3.63) is 120 Å². The average Bonchev–Trinajstić information content (AvgIpc) is 2.90. The summed E-state index contributed by atoms with van der Waals surface area (Å²) in [5.41, 5.74) is 0.576. The first kappa shape index (κ1) is 30.8. The highest BCUT2D eigenvalue weighted by Gasteiger charge is 2.42. The molecule has 0 saturated heterocycles. The standard InChI is InChI=1S/C35H43NO4/c1-8-18-26(31(37)39-33(2,3)4)25-30(32(38)40-34(5,6)7)36-35(27-19-12-9-13-20-27,28-21-14-10-15-22-28)29-23-16-11-17-24-29/h8-17,19-24,26,30,36H,1,18,25H2,2-7H3/t26?,30-/m1/s1. The van der Waals surface area contributed by atoms with Gasteiger partial charge in [-0.05, 0) is 71.1 Å². The number of allylic oxidation sites excluding steroid dienone is 1. The topological polar surface area (TPSA) is 64.6 Å². The summed E-state index contributed by atoms with van der Waals surface area (Å²) in [4.78, 5) is 27.2. The van der Waals surface area contributed by atoms with Gasteiger partial charge in [-0.3, -0.25) is 14.9 Å². The fourth-order valence-corrected chi connectivity index (χ4v) is 4.82. The second kappa shape index (κ2) is 13.1. The molecule has 0 saturated carbocycles. The Morgan fingerprint density at radius 1 is 0.700 bits per heavy atom. The molecule has 0 fully saturated rings. The van der Waals surface area contributed by atoms with Gasteiger partial charge < -0.3 is 9.47 Å². The third kappa shape index (κ3) is 8.15. The van der Waals surface area contributed by atoms with Gasteiger partial charge >= 0.3 is 11.9 Å². The van der Waals surface area contributed by atoms with E-state index >= 15 is 0 Å². The molecule has 0 aromatic heterocycles. The van der Waals surface area contributed by atoms with Crippen molar-refractivity contribution in [2.45, 2.75) is 77.2 Å². The number of hydrogen-bond acceptors (Lipinski definition) is 5. The molecule has 3 aromatic rings. The van der Waals surface area contributed by atoms with Crippen LogP contribution in [-0.4, -0.2) is 29.2 Å². The van der Waals surface area contributed by atoms with Crippen molar-refractivity contribution >= 4 is 11.9 Å². The van der Waals surface area contributed by atoms with E-state index in [4.69, 9.17) is 9.47 Å². The zero-order chi connectivity index (χ0) is 29.4. The molecule has 0 aliphatic carbocycles. The van der Waals surface area contributed by atoms with Crippen LogP contribution in [0.5, 0.6) is 0 Å². The van der Waals surface area contributed by atoms with Crippen LogP contribution >= 0.6 is 0 Å². The first-order valence-corrected chi connectivity index (χ1v) is 13.9. The molecule has 0 radical (unpaired) electrons. The molecule has 0 heterocycles. The van der Waals surface area contributed by atoms with E-state index in [9.17, 15) is 9.59 Å². The van der Waals surface area contributed by atoms with Crippen molar-refractivity contribution in [3.63, 3.8) is 0 Å². The van der Waals surface area contributed by atoms with E-state index in [1.807, 2.05) is 133 Å². The van der Waals surface area contributed by atoms with Gasteiger partial charge in [0.05, 0.1) is 11.5 Å². The number of esters is 2. The Balaban J connectivity index is 2.21. The summed E-state index contributed by atoms with van der Waals surface area (Å²) < 4.78 is 11.7. The summed E-state index contributed by atoms with van der Waals surface area (Å²) in [6, 6.07) is 29.3. The van der Waals surface area contributed by atoms with Gasteiger partial charge in [-0.15, -0.1) is 6.58 Å². The quantitative estimate of drug-likeness (QED) is 0.158. The van der Waals surface area contributed by atoms with Crippen molar-refractivity contribution in [1.29, 1.82) is 0 Å². The molecule has 1 N–H and O–H groups in total. The van der Waals surface area contributed by atoms with Crippen LogP contribution in [-0.2, 0) is 24.6 Å². The summed E-state index contributed by atoms with van der Waals surface area (Å²) in [6.07, 6.45) is 2.23. The first-order chi connectivity index (χ1) is 18.9. The Bertz CT molecular complexity index is 1140. The molecule has 3 aromatic carbocycles. The van der Waals surface area contributed by atoms with Crippen molar-refractivity contribution < 1.29 is 19.1 Å². The van der Waals surface area contributed by atoms with Crippen LogP contribution in [0.4, 0.5) is 0 Å². The van der Waals surface area contributed by atoms with Crippen LogP contribution < -0.4 is 5.32 Å². The second-order valence-corrected chi connectivity index (χ2v) is 12.1. The van der Waals surface area contributed by atoms with E-state index in [0.717, 1.165) is 16.7 Å². The van der Waals surface area contributed by atoms with E-state index in [-0.39, 0.29) is 12.4 Å². The van der Waals surface area contributed by atoms with E-state index in [0.29, 0.717) is 6.42 Å². The lowest BCUT2D eigenvalue weighted by atomic mass is 9.76. The highest BCUT2D eigenvalue weighted by Crippen LogP contribution is 2.38. The maximum Gasteiger partial charge on any atom is 0.323 e. The normalized spacial score (nSPS) is 13.7. The Morgan fingerprint density at radius 3 is 1.43 bits per heavy atom. The van der Waals surface area contributed by atoms with E-state index in [1.54, 1.807) is 6.08 Å². The van der Waals surface area contributed by atoms with Crippen molar-refractivity contribution in [1.82, 2.24) is 5.32 Å². The number of benzene rings is 3. The molecule has 0 amide bonds. The number of nitrogens with one attached hydrogen (secondary N) is 1.